The van der Waals surface area contributed by atoms with E-state index in [-0.39, 0.29) is 0 Å². The van der Waals surface area contributed by atoms with Crippen molar-refractivity contribution in [2.75, 3.05) is 0 Å². The number of carbonyl (C=O) groups is 1. The zero-order valence-corrected chi connectivity index (χ0v) is 7.82. The lowest BCUT2D eigenvalue weighted by molar-refractivity contribution is -0.141. The van der Waals surface area contributed by atoms with Crippen LogP contribution in [0.5, 0.6) is 0 Å². The van der Waals surface area contributed by atoms with Gasteiger partial charge in [-0.3, -0.25) is 4.79 Å². The summed E-state index contributed by atoms with van der Waals surface area (Å²) in [5, 5.41) is 8.61. The highest BCUT2D eigenvalue weighted by Crippen LogP contribution is 2.30. The third kappa shape index (κ3) is 2.84. The predicted octanol–water partition coefficient (Wildman–Crippen LogP) is 1.67. The minimum atomic E-state index is -0.838. The van der Waals surface area contributed by atoms with Crippen LogP contribution in [-0.2, 0) is 4.79 Å². The van der Waals surface area contributed by atoms with Gasteiger partial charge in [-0.05, 0) is 13.3 Å². The number of thiol groups is 2. The second kappa shape index (κ2) is 3.53. The molecule has 60 valence electrons. The Morgan fingerprint density at radius 3 is 2.10 bits per heavy atom. The molecule has 0 aromatic rings. The Bertz CT molecular complexity index is 128. The van der Waals surface area contributed by atoms with Crippen molar-refractivity contribution in [1.29, 1.82) is 0 Å². The van der Waals surface area contributed by atoms with Gasteiger partial charge in [0.1, 0.15) is 0 Å². The predicted molar refractivity (Wildman–Crippen MR) is 47.8 cm³/mol. The van der Waals surface area contributed by atoms with E-state index in [0.29, 0.717) is 6.42 Å². The average Bonchev–Trinajstić information content (AvgIpc) is 1.60. The first-order chi connectivity index (χ1) is 4.39. The van der Waals surface area contributed by atoms with E-state index in [0.717, 1.165) is 0 Å². The summed E-state index contributed by atoms with van der Waals surface area (Å²) >= 11 is 8.10. The number of hydrogen-bond donors (Lipinski definition) is 3. The average molecular weight is 180 g/mol. The van der Waals surface area contributed by atoms with Crippen LogP contribution >= 0.6 is 25.3 Å². The van der Waals surface area contributed by atoms with Gasteiger partial charge >= 0.3 is 5.97 Å². The van der Waals surface area contributed by atoms with E-state index in [1.165, 1.54) is 0 Å². The summed E-state index contributed by atoms with van der Waals surface area (Å²) in [5.41, 5.74) is 0. The van der Waals surface area contributed by atoms with Gasteiger partial charge in [-0.2, -0.15) is 25.3 Å². The van der Waals surface area contributed by atoms with Crippen LogP contribution in [-0.4, -0.2) is 15.2 Å². The summed E-state index contributed by atoms with van der Waals surface area (Å²) < 4.78 is -0.722. The van der Waals surface area contributed by atoms with Crippen LogP contribution in [0.2, 0.25) is 0 Å². The Morgan fingerprint density at radius 2 is 2.10 bits per heavy atom. The van der Waals surface area contributed by atoms with E-state index >= 15 is 0 Å². The lowest BCUT2D eigenvalue weighted by atomic mass is 10.0. The van der Waals surface area contributed by atoms with E-state index in [1.54, 1.807) is 6.92 Å². The Labute approximate surface area is 71.8 Å². The standard InChI is InChI=1S/C6H12O2S2/c1-3-4(5(7)8)6(2,9)10/h4,9-10H,3H2,1-2H3,(H,7,8). The zero-order valence-electron chi connectivity index (χ0n) is 6.03. The molecule has 0 radical (unpaired) electrons. The second-order valence-corrected chi connectivity index (χ2v) is 4.60. The van der Waals surface area contributed by atoms with E-state index in [2.05, 4.69) is 25.3 Å². The summed E-state index contributed by atoms with van der Waals surface area (Å²) in [7, 11) is 0. The van der Waals surface area contributed by atoms with E-state index in [9.17, 15) is 4.79 Å². The molecule has 0 spiro atoms. The van der Waals surface area contributed by atoms with Gasteiger partial charge in [0.05, 0.1) is 10.00 Å². The molecule has 0 aliphatic heterocycles. The van der Waals surface area contributed by atoms with Gasteiger partial charge in [0, 0.05) is 0 Å². The summed E-state index contributed by atoms with van der Waals surface area (Å²) in [4.78, 5) is 10.5. The Balaban J connectivity index is 4.22. The Morgan fingerprint density at radius 1 is 1.70 bits per heavy atom. The van der Waals surface area contributed by atoms with Crippen molar-refractivity contribution in [2.45, 2.75) is 24.3 Å². The minimum Gasteiger partial charge on any atom is -0.481 e. The molecule has 0 aromatic heterocycles. The Kier molecular flexibility index (Phi) is 3.59. The van der Waals surface area contributed by atoms with Crippen LogP contribution in [0.25, 0.3) is 0 Å². The molecule has 2 nitrogen and oxygen atoms in total. The molecule has 10 heavy (non-hydrogen) atoms. The first-order valence-electron chi connectivity index (χ1n) is 3.07. The summed E-state index contributed by atoms with van der Waals surface area (Å²) in [6.07, 6.45) is 0.554. The SMILES string of the molecule is CCC(C(=O)O)C(C)(S)S. The first kappa shape index (κ1) is 10.2. The van der Waals surface area contributed by atoms with Crippen molar-refractivity contribution in [1.82, 2.24) is 0 Å². The van der Waals surface area contributed by atoms with Gasteiger partial charge in [-0.15, -0.1) is 0 Å². The lowest BCUT2D eigenvalue weighted by Crippen LogP contribution is -2.29. The second-order valence-electron chi connectivity index (χ2n) is 2.39. The summed E-state index contributed by atoms with van der Waals surface area (Å²) in [5.74, 6) is -1.32. The molecule has 4 heteroatoms. The van der Waals surface area contributed by atoms with Gasteiger partial charge in [0.25, 0.3) is 0 Å². The number of aliphatic carboxylic acids is 1. The molecule has 0 rings (SSSR count). The molecular weight excluding hydrogens is 168 g/mol. The maximum atomic E-state index is 10.5. The molecule has 0 aliphatic carbocycles. The van der Waals surface area contributed by atoms with Crippen LogP contribution in [0.3, 0.4) is 0 Å². The maximum absolute atomic E-state index is 10.5. The molecule has 1 N–H and O–H groups in total. The zero-order chi connectivity index (χ0) is 8.36. The fraction of sp³-hybridized carbons (Fsp3) is 0.833. The molecule has 0 bridgehead atoms. The lowest BCUT2D eigenvalue weighted by Gasteiger charge is -2.23. The van der Waals surface area contributed by atoms with E-state index < -0.39 is 16.0 Å². The minimum absolute atomic E-state index is 0.487. The molecule has 0 saturated carbocycles. The van der Waals surface area contributed by atoms with Crippen molar-refractivity contribution in [3.63, 3.8) is 0 Å². The van der Waals surface area contributed by atoms with Gasteiger partial charge in [-0.1, -0.05) is 6.92 Å². The van der Waals surface area contributed by atoms with Crippen LogP contribution < -0.4 is 0 Å². The van der Waals surface area contributed by atoms with Crippen LogP contribution in [0.4, 0.5) is 0 Å². The third-order valence-electron chi connectivity index (χ3n) is 1.37. The van der Waals surface area contributed by atoms with Crippen LogP contribution in [0.1, 0.15) is 20.3 Å². The van der Waals surface area contributed by atoms with Gasteiger partial charge in [0.15, 0.2) is 0 Å². The van der Waals surface area contributed by atoms with Crippen molar-refractivity contribution < 1.29 is 9.90 Å². The topological polar surface area (TPSA) is 37.3 Å². The van der Waals surface area contributed by atoms with Crippen LogP contribution in [0.15, 0.2) is 0 Å². The first-order valence-corrected chi connectivity index (χ1v) is 3.96. The van der Waals surface area contributed by atoms with Gasteiger partial charge in [-0.25, -0.2) is 0 Å². The highest BCUT2D eigenvalue weighted by atomic mass is 32.2. The normalized spacial score (nSPS) is 14.8. The summed E-state index contributed by atoms with van der Waals surface area (Å²) in [6, 6.07) is 0. The maximum Gasteiger partial charge on any atom is 0.308 e. The quantitative estimate of drug-likeness (QED) is 0.456. The van der Waals surface area contributed by atoms with E-state index in [4.69, 9.17) is 5.11 Å². The monoisotopic (exact) mass is 180 g/mol. The smallest absolute Gasteiger partial charge is 0.308 e. The van der Waals surface area contributed by atoms with Crippen molar-refractivity contribution in [3.05, 3.63) is 0 Å². The number of rotatable bonds is 3. The largest absolute Gasteiger partial charge is 0.481 e. The molecule has 1 unspecified atom stereocenters. The number of carboxylic acid groups (broad SMARTS) is 1. The number of carboxylic acids is 1. The van der Waals surface area contributed by atoms with Gasteiger partial charge < -0.3 is 5.11 Å². The molecular formula is C6H12O2S2. The molecule has 0 saturated heterocycles. The van der Waals surface area contributed by atoms with Crippen molar-refractivity contribution in [3.8, 4) is 0 Å². The molecule has 0 amide bonds. The van der Waals surface area contributed by atoms with Crippen LogP contribution in [0, 0.1) is 5.92 Å². The fourth-order valence-corrected chi connectivity index (χ4v) is 1.38. The van der Waals surface area contributed by atoms with Crippen molar-refractivity contribution >= 4 is 31.2 Å². The van der Waals surface area contributed by atoms with E-state index in [1.807, 2.05) is 6.92 Å². The third-order valence-corrected chi connectivity index (χ3v) is 1.99. The fourth-order valence-electron chi connectivity index (χ4n) is 0.795. The molecule has 0 aromatic carbocycles. The number of hydrogen-bond acceptors (Lipinski definition) is 3. The molecule has 0 fully saturated rings. The Hall–Kier alpha value is 0.170. The van der Waals surface area contributed by atoms with Gasteiger partial charge in [0.2, 0.25) is 0 Å². The summed E-state index contributed by atoms with van der Waals surface area (Å²) in [6.45, 7) is 3.49. The molecule has 0 aliphatic rings. The molecule has 0 heterocycles. The molecule has 1 atom stereocenters. The highest BCUT2D eigenvalue weighted by Gasteiger charge is 2.31. The van der Waals surface area contributed by atoms with Crippen molar-refractivity contribution in [2.24, 2.45) is 5.92 Å². The highest BCUT2D eigenvalue weighted by molar-refractivity contribution is 8.00.